The van der Waals surface area contributed by atoms with Crippen molar-refractivity contribution in [2.24, 2.45) is 0 Å². The van der Waals surface area contributed by atoms with Crippen molar-refractivity contribution in [3.8, 4) is 0 Å². The van der Waals surface area contributed by atoms with E-state index in [1.165, 1.54) is 12.8 Å². The number of anilines is 1. The Kier molecular flexibility index (Phi) is 8.90. The molecule has 0 radical (unpaired) electrons. The highest BCUT2D eigenvalue weighted by Gasteiger charge is 2.14. The number of halogens is 1. The van der Waals surface area contributed by atoms with Crippen LogP contribution in [0.4, 0.5) is 5.69 Å². The Morgan fingerprint density at radius 3 is 2.72 bits per heavy atom. The number of aliphatic hydroxyl groups is 1. The molecule has 1 aromatic rings. The van der Waals surface area contributed by atoms with Crippen molar-refractivity contribution >= 4 is 34.9 Å². The summed E-state index contributed by atoms with van der Waals surface area (Å²) >= 11 is 5.99. The fourth-order valence-corrected chi connectivity index (χ4v) is 2.96. The van der Waals surface area contributed by atoms with Crippen LogP contribution in [-0.2, 0) is 9.53 Å². The monoisotopic (exact) mass is 414 g/mol. The molecule has 0 aromatic carbocycles. The number of carbonyl (C=O) groups is 1. The van der Waals surface area contributed by atoms with Crippen LogP contribution in [0.1, 0.15) is 26.7 Å². The highest BCUT2D eigenvalue weighted by atomic mass is 35.5. The fourth-order valence-electron chi connectivity index (χ4n) is 2.89. The van der Waals surface area contributed by atoms with E-state index in [1.54, 1.807) is 50.4 Å². The molecule has 2 rings (SSSR count). The summed E-state index contributed by atoms with van der Waals surface area (Å²) in [6.07, 6.45) is 14.2. The average molecular weight is 415 g/mol. The number of ether oxygens (including phenoxy) is 1. The van der Waals surface area contributed by atoms with Gasteiger partial charge in [0, 0.05) is 23.3 Å². The van der Waals surface area contributed by atoms with E-state index >= 15 is 0 Å². The average Bonchev–Trinajstić information content (AvgIpc) is 3.23. The first-order valence-electron chi connectivity index (χ1n) is 9.53. The number of esters is 1. The third kappa shape index (κ3) is 7.04. The Balaban J connectivity index is 2.37. The number of aliphatic hydroxyl groups excluding tert-OH is 1. The lowest BCUT2D eigenvalue weighted by molar-refractivity contribution is -0.132. The molecule has 2 heterocycles. The van der Waals surface area contributed by atoms with E-state index in [0.717, 1.165) is 24.0 Å². The van der Waals surface area contributed by atoms with Crippen LogP contribution < -0.4 is 15.5 Å². The normalized spacial score (nSPS) is 16.8. The van der Waals surface area contributed by atoms with Gasteiger partial charge in [0.2, 0.25) is 0 Å². The minimum atomic E-state index is -0.520. The maximum atomic E-state index is 12.6. The fraction of sp³-hybridized carbons (Fsp3) is 0.304. The van der Waals surface area contributed by atoms with Crippen LogP contribution in [0.5, 0.6) is 0 Å². The second kappa shape index (κ2) is 11.4. The van der Waals surface area contributed by atoms with E-state index in [2.05, 4.69) is 16.5 Å². The molecular weight excluding hydrogens is 388 g/mol. The van der Waals surface area contributed by atoms with Gasteiger partial charge in [-0.05, 0) is 44.9 Å². The van der Waals surface area contributed by atoms with Gasteiger partial charge in [-0.2, -0.15) is 0 Å². The van der Waals surface area contributed by atoms with E-state index in [0.29, 0.717) is 16.0 Å². The molecule has 0 bridgehead atoms. The van der Waals surface area contributed by atoms with Crippen molar-refractivity contribution in [2.45, 2.75) is 26.7 Å². The Bertz CT molecular complexity index is 951. The number of carbonyl (C=O) groups excluding carboxylic acids is 1. The smallest absolute Gasteiger partial charge is 0.341 e. The second-order valence-corrected chi connectivity index (χ2v) is 7.29. The predicted octanol–water partition coefficient (Wildman–Crippen LogP) is 2.94. The Labute approximate surface area is 176 Å². The number of hydrogen-bond donors (Lipinski definition) is 1. The van der Waals surface area contributed by atoms with E-state index in [9.17, 15) is 4.79 Å². The molecule has 0 aliphatic carbocycles. The summed E-state index contributed by atoms with van der Waals surface area (Å²) in [6.45, 7) is 9.14. The van der Waals surface area contributed by atoms with Crippen LogP contribution in [0.3, 0.4) is 0 Å². The molecule has 154 valence electrons. The summed E-state index contributed by atoms with van der Waals surface area (Å²) < 4.78 is 5.30. The molecule has 1 aliphatic heterocycles. The number of aromatic nitrogens is 1. The molecule has 6 heteroatoms. The van der Waals surface area contributed by atoms with Crippen LogP contribution in [0, 0.1) is 0 Å². The first kappa shape index (κ1) is 22.7. The molecule has 1 aromatic heterocycles. The molecule has 0 spiro atoms. The lowest BCUT2D eigenvalue weighted by Crippen LogP contribution is -2.34. The van der Waals surface area contributed by atoms with E-state index in [1.807, 2.05) is 12.1 Å². The number of nitrogens with zero attached hydrogens (tertiary/aromatic N) is 2. The first-order valence-corrected chi connectivity index (χ1v) is 9.91. The summed E-state index contributed by atoms with van der Waals surface area (Å²) in [5.74, 6) is -0.318. The van der Waals surface area contributed by atoms with Gasteiger partial charge in [0.05, 0.1) is 29.4 Å². The molecule has 0 unspecified atom stereocenters. The van der Waals surface area contributed by atoms with Gasteiger partial charge in [-0.3, -0.25) is 4.98 Å². The SMILES string of the molecule is C=C(/C=C\C=C/CO)OC(=O)\C(C)=c1/ncc(N2CCCC2)c/c1=C/C=C(\C)Cl. The minimum absolute atomic E-state index is 0.0575. The molecular formula is C23H27ClN2O3. The van der Waals surface area contributed by atoms with Crippen molar-refractivity contribution in [1.29, 1.82) is 0 Å². The largest absolute Gasteiger partial charge is 0.424 e. The van der Waals surface area contributed by atoms with E-state index in [-0.39, 0.29) is 12.4 Å². The maximum Gasteiger partial charge on any atom is 0.341 e. The van der Waals surface area contributed by atoms with Crippen molar-refractivity contribution in [1.82, 2.24) is 4.98 Å². The third-order valence-electron chi connectivity index (χ3n) is 4.39. The standard InChI is InChI=1S/C23H27ClN2O3/c1-17(24)10-11-20-15-21(26-12-6-7-13-26)16-25-22(20)19(3)23(28)29-18(2)9-5-4-8-14-27/h4-5,8-11,15-16,27H,2,6-7,12-14H2,1,3H3/b8-4-,9-5-,17-10+,20-11-,22-19-. The molecule has 1 saturated heterocycles. The topological polar surface area (TPSA) is 62.7 Å². The second-order valence-electron chi connectivity index (χ2n) is 6.70. The van der Waals surface area contributed by atoms with Crippen molar-refractivity contribution in [3.05, 3.63) is 70.6 Å². The number of rotatable bonds is 7. The number of allylic oxidation sites excluding steroid dienone is 5. The predicted molar refractivity (Wildman–Crippen MR) is 119 cm³/mol. The highest BCUT2D eigenvalue weighted by molar-refractivity contribution is 6.29. The first-order chi connectivity index (χ1) is 13.9. The van der Waals surface area contributed by atoms with Gasteiger partial charge in [-0.1, -0.05) is 42.5 Å². The lowest BCUT2D eigenvalue weighted by Gasteiger charge is -2.17. The molecule has 29 heavy (non-hydrogen) atoms. The molecule has 1 fully saturated rings. The number of hydrogen-bond acceptors (Lipinski definition) is 5. The molecule has 1 N–H and O–H groups in total. The Hall–Kier alpha value is -2.63. The van der Waals surface area contributed by atoms with Crippen LogP contribution in [0.25, 0.3) is 11.6 Å². The van der Waals surface area contributed by atoms with Crippen molar-refractivity contribution < 1.29 is 14.6 Å². The minimum Gasteiger partial charge on any atom is -0.424 e. The van der Waals surface area contributed by atoms with Gasteiger partial charge in [0.25, 0.3) is 0 Å². The molecule has 1 aliphatic rings. The summed E-state index contributed by atoms with van der Waals surface area (Å²) in [4.78, 5) is 19.4. The zero-order valence-corrected chi connectivity index (χ0v) is 17.7. The summed E-state index contributed by atoms with van der Waals surface area (Å²) in [5.41, 5.74) is 1.41. The van der Waals surface area contributed by atoms with Crippen LogP contribution in [0.2, 0.25) is 0 Å². The van der Waals surface area contributed by atoms with Gasteiger partial charge in [0.15, 0.2) is 0 Å². The van der Waals surface area contributed by atoms with Gasteiger partial charge < -0.3 is 14.7 Å². The molecule has 5 nitrogen and oxygen atoms in total. The third-order valence-corrected chi connectivity index (χ3v) is 4.51. The van der Waals surface area contributed by atoms with Gasteiger partial charge in [0.1, 0.15) is 5.76 Å². The lowest BCUT2D eigenvalue weighted by atomic mass is 10.2. The molecule has 0 amide bonds. The summed E-state index contributed by atoms with van der Waals surface area (Å²) in [7, 11) is 0. The Morgan fingerprint density at radius 2 is 2.07 bits per heavy atom. The van der Waals surface area contributed by atoms with Crippen LogP contribution in [-0.4, -0.2) is 35.8 Å². The molecule has 0 saturated carbocycles. The molecule has 0 atom stereocenters. The van der Waals surface area contributed by atoms with Crippen LogP contribution in [0.15, 0.2) is 60.0 Å². The van der Waals surface area contributed by atoms with Crippen molar-refractivity contribution in [2.75, 3.05) is 24.6 Å². The van der Waals surface area contributed by atoms with E-state index < -0.39 is 5.97 Å². The summed E-state index contributed by atoms with van der Waals surface area (Å²) in [5, 5.41) is 10.7. The van der Waals surface area contributed by atoms with Crippen LogP contribution >= 0.6 is 11.6 Å². The van der Waals surface area contributed by atoms with E-state index in [4.69, 9.17) is 21.4 Å². The zero-order valence-electron chi connectivity index (χ0n) is 16.9. The summed E-state index contributed by atoms with van der Waals surface area (Å²) in [6, 6.07) is 2.02. The van der Waals surface area contributed by atoms with Gasteiger partial charge in [-0.15, -0.1) is 0 Å². The Morgan fingerprint density at radius 1 is 1.34 bits per heavy atom. The van der Waals surface area contributed by atoms with Gasteiger partial charge >= 0.3 is 5.97 Å². The highest BCUT2D eigenvalue weighted by Crippen LogP contribution is 2.16. The van der Waals surface area contributed by atoms with Gasteiger partial charge in [-0.25, -0.2) is 4.79 Å². The number of pyridine rings is 1. The maximum absolute atomic E-state index is 12.6. The zero-order chi connectivity index (χ0) is 21.2. The van der Waals surface area contributed by atoms with Crippen molar-refractivity contribution in [3.63, 3.8) is 0 Å². The quantitative estimate of drug-likeness (QED) is 0.422.